The second-order valence-corrected chi connectivity index (χ2v) is 5.63. The summed E-state index contributed by atoms with van der Waals surface area (Å²) in [5, 5.41) is 3.52. The van der Waals surface area contributed by atoms with Crippen LogP contribution >= 0.6 is 0 Å². The van der Waals surface area contributed by atoms with Crippen molar-refractivity contribution in [2.24, 2.45) is 5.92 Å². The largest absolute Gasteiger partial charge is 0.384 e. The molecule has 19 heavy (non-hydrogen) atoms. The topological polar surface area (TPSA) is 28.2 Å². The van der Waals surface area contributed by atoms with Gasteiger partial charge in [0.15, 0.2) is 0 Å². The van der Waals surface area contributed by atoms with Crippen LogP contribution < -0.4 is 10.2 Å². The lowest BCUT2D eigenvalue weighted by atomic mass is 9.94. The smallest absolute Gasteiger partial charge is 0.128 e. The molecule has 1 N–H and O–H groups in total. The maximum atomic E-state index is 4.57. The van der Waals surface area contributed by atoms with Crippen molar-refractivity contribution in [1.82, 2.24) is 4.98 Å². The van der Waals surface area contributed by atoms with Gasteiger partial charge in [0.2, 0.25) is 0 Å². The van der Waals surface area contributed by atoms with Gasteiger partial charge < -0.3 is 10.2 Å². The fourth-order valence-electron chi connectivity index (χ4n) is 2.93. The molecule has 0 bridgehead atoms. The molecule has 2 aliphatic rings. The fraction of sp³-hybridized carbons (Fsp3) is 0.562. The van der Waals surface area contributed by atoms with Crippen LogP contribution in [0.15, 0.2) is 30.5 Å². The third-order valence-electron chi connectivity index (χ3n) is 4.15. The first kappa shape index (κ1) is 12.5. The Morgan fingerprint density at radius 1 is 1.21 bits per heavy atom. The van der Waals surface area contributed by atoms with E-state index in [0.29, 0.717) is 0 Å². The van der Waals surface area contributed by atoms with E-state index < -0.39 is 0 Å². The monoisotopic (exact) mass is 257 g/mol. The number of nitrogens with one attached hydrogen (secondary N) is 1. The van der Waals surface area contributed by atoms with Crippen LogP contribution in [0.4, 0.5) is 11.5 Å². The summed E-state index contributed by atoms with van der Waals surface area (Å²) < 4.78 is 0. The average Bonchev–Trinajstić information content (AvgIpc) is 3.01. The van der Waals surface area contributed by atoms with Gasteiger partial charge in [-0.25, -0.2) is 4.98 Å². The van der Waals surface area contributed by atoms with Crippen molar-refractivity contribution in [3.8, 4) is 0 Å². The maximum Gasteiger partial charge on any atom is 0.128 e. The number of aromatic nitrogens is 1. The molecule has 0 radical (unpaired) electrons. The molecular formula is C16H23N3. The van der Waals surface area contributed by atoms with E-state index >= 15 is 0 Å². The summed E-state index contributed by atoms with van der Waals surface area (Å²) in [5.74, 6) is 1.91. The Morgan fingerprint density at radius 2 is 2.11 bits per heavy atom. The molecule has 1 fully saturated rings. The number of allylic oxidation sites excluding steroid dienone is 2. The van der Waals surface area contributed by atoms with Gasteiger partial charge >= 0.3 is 0 Å². The van der Waals surface area contributed by atoms with Crippen LogP contribution in [0.3, 0.4) is 0 Å². The first-order valence-corrected chi connectivity index (χ1v) is 7.52. The molecule has 0 saturated carbocycles. The third kappa shape index (κ3) is 3.28. The average molecular weight is 257 g/mol. The zero-order valence-electron chi connectivity index (χ0n) is 11.5. The van der Waals surface area contributed by atoms with E-state index in [2.05, 4.69) is 39.5 Å². The zero-order chi connectivity index (χ0) is 12.9. The number of hydrogen-bond acceptors (Lipinski definition) is 3. The Morgan fingerprint density at radius 3 is 2.79 bits per heavy atom. The molecule has 102 valence electrons. The highest BCUT2D eigenvalue weighted by Gasteiger charge is 2.13. The van der Waals surface area contributed by atoms with Gasteiger partial charge in [-0.05, 0) is 50.2 Å². The SMILES string of the molecule is C1=CCC(CNc2ccc(N3CCCC3)nc2)CC1. The molecule has 1 aliphatic heterocycles. The second-order valence-electron chi connectivity index (χ2n) is 5.63. The Bertz CT molecular complexity index is 418. The minimum Gasteiger partial charge on any atom is -0.384 e. The van der Waals surface area contributed by atoms with E-state index in [1.807, 2.05) is 6.20 Å². The number of nitrogens with zero attached hydrogens (tertiary/aromatic N) is 2. The van der Waals surface area contributed by atoms with Crippen molar-refractivity contribution in [2.45, 2.75) is 32.1 Å². The lowest BCUT2D eigenvalue weighted by molar-refractivity contribution is 0.504. The molecule has 0 spiro atoms. The van der Waals surface area contributed by atoms with Gasteiger partial charge in [0.25, 0.3) is 0 Å². The Hall–Kier alpha value is -1.51. The van der Waals surface area contributed by atoms with E-state index in [1.54, 1.807) is 0 Å². The summed E-state index contributed by atoms with van der Waals surface area (Å²) in [4.78, 5) is 6.94. The van der Waals surface area contributed by atoms with Gasteiger partial charge in [-0.3, -0.25) is 0 Å². The molecular weight excluding hydrogens is 234 g/mol. The van der Waals surface area contributed by atoms with Gasteiger partial charge in [-0.2, -0.15) is 0 Å². The van der Waals surface area contributed by atoms with E-state index in [9.17, 15) is 0 Å². The van der Waals surface area contributed by atoms with Crippen molar-refractivity contribution in [2.75, 3.05) is 29.9 Å². The molecule has 3 nitrogen and oxygen atoms in total. The quantitative estimate of drug-likeness (QED) is 0.837. The van der Waals surface area contributed by atoms with Crippen LogP contribution in [0.2, 0.25) is 0 Å². The van der Waals surface area contributed by atoms with E-state index in [4.69, 9.17) is 0 Å². The highest BCUT2D eigenvalue weighted by molar-refractivity contribution is 5.49. The molecule has 1 atom stereocenters. The molecule has 1 unspecified atom stereocenters. The van der Waals surface area contributed by atoms with Crippen LogP contribution in [0.5, 0.6) is 0 Å². The molecule has 0 aromatic carbocycles. The standard InChI is InChI=1S/C16H23N3/c1-2-6-14(7-3-1)12-17-15-8-9-16(18-13-15)19-10-4-5-11-19/h1-2,8-9,13-14,17H,3-7,10-12H2. The predicted molar refractivity (Wildman–Crippen MR) is 80.7 cm³/mol. The van der Waals surface area contributed by atoms with E-state index in [1.165, 1.54) is 32.1 Å². The van der Waals surface area contributed by atoms with Crippen LogP contribution in [0.25, 0.3) is 0 Å². The fourth-order valence-corrected chi connectivity index (χ4v) is 2.93. The van der Waals surface area contributed by atoms with Crippen LogP contribution in [0, 0.1) is 5.92 Å². The molecule has 1 aliphatic carbocycles. The van der Waals surface area contributed by atoms with Crippen LogP contribution in [0.1, 0.15) is 32.1 Å². The molecule has 1 saturated heterocycles. The van der Waals surface area contributed by atoms with Gasteiger partial charge in [0, 0.05) is 19.6 Å². The highest BCUT2D eigenvalue weighted by Crippen LogP contribution is 2.21. The normalized spacial score (nSPS) is 22.7. The number of anilines is 2. The van der Waals surface area contributed by atoms with E-state index in [0.717, 1.165) is 37.1 Å². The minimum absolute atomic E-state index is 0.781. The molecule has 3 rings (SSSR count). The number of hydrogen-bond donors (Lipinski definition) is 1. The third-order valence-corrected chi connectivity index (χ3v) is 4.15. The summed E-state index contributed by atoms with van der Waals surface area (Å²) in [7, 11) is 0. The van der Waals surface area contributed by atoms with Crippen molar-refractivity contribution in [3.05, 3.63) is 30.5 Å². The highest BCUT2D eigenvalue weighted by atomic mass is 15.2. The second kappa shape index (κ2) is 6.09. The Balaban J connectivity index is 1.52. The van der Waals surface area contributed by atoms with E-state index in [-0.39, 0.29) is 0 Å². The van der Waals surface area contributed by atoms with Crippen molar-refractivity contribution >= 4 is 11.5 Å². The zero-order valence-corrected chi connectivity index (χ0v) is 11.5. The number of pyridine rings is 1. The maximum absolute atomic E-state index is 4.57. The summed E-state index contributed by atoms with van der Waals surface area (Å²) in [6.45, 7) is 3.39. The van der Waals surface area contributed by atoms with Crippen molar-refractivity contribution in [1.29, 1.82) is 0 Å². The van der Waals surface area contributed by atoms with Crippen LogP contribution in [-0.4, -0.2) is 24.6 Å². The lowest BCUT2D eigenvalue weighted by Gasteiger charge is -2.19. The van der Waals surface area contributed by atoms with Gasteiger partial charge in [0.05, 0.1) is 11.9 Å². The first-order chi connectivity index (χ1) is 9.42. The molecule has 1 aromatic rings. The van der Waals surface area contributed by atoms with Crippen molar-refractivity contribution < 1.29 is 0 Å². The summed E-state index contributed by atoms with van der Waals surface area (Å²) in [6, 6.07) is 4.31. The predicted octanol–water partition coefficient (Wildman–Crippen LogP) is 3.45. The molecule has 1 aromatic heterocycles. The summed E-state index contributed by atoms with van der Waals surface area (Å²) >= 11 is 0. The number of rotatable bonds is 4. The minimum atomic E-state index is 0.781. The molecule has 0 amide bonds. The molecule has 2 heterocycles. The lowest BCUT2D eigenvalue weighted by Crippen LogP contribution is -2.19. The summed E-state index contributed by atoms with van der Waals surface area (Å²) in [5.41, 5.74) is 1.15. The van der Waals surface area contributed by atoms with Crippen LogP contribution in [-0.2, 0) is 0 Å². The van der Waals surface area contributed by atoms with Gasteiger partial charge in [0.1, 0.15) is 5.82 Å². The van der Waals surface area contributed by atoms with Gasteiger partial charge in [-0.1, -0.05) is 12.2 Å². The Labute approximate surface area is 115 Å². The Kier molecular flexibility index (Phi) is 4.01. The first-order valence-electron chi connectivity index (χ1n) is 7.52. The summed E-state index contributed by atoms with van der Waals surface area (Å²) in [6.07, 6.45) is 12.9. The van der Waals surface area contributed by atoms with Crippen molar-refractivity contribution in [3.63, 3.8) is 0 Å². The van der Waals surface area contributed by atoms with Gasteiger partial charge in [-0.15, -0.1) is 0 Å². The molecule has 3 heteroatoms.